The van der Waals surface area contributed by atoms with E-state index in [9.17, 15) is 14.9 Å². The van der Waals surface area contributed by atoms with Crippen molar-refractivity contribution in [3.8, 4) is 0 Å². The van der Waals surface area contributed by atoms with Gasteiger partial charge in [-0.3, -0.25) is 20.2 Å². The van der Waals surface area contributed by atoms with Crippen LogP contribution in [0, 0.1) is 17.0 Å². The molecule has 6 rings (SSSR count). The number of aryl methyl sites for hydroxylation is 1. The molecule has 7 heteroatoms. The number of carbonyl (C=O) groups excluding carboxylic acids is 1. The average molecular weight is 453 g/mol. The second-order valence-corrected chi connectivity index (χ2v) is 9.29. The molecule has 3 N–H and O–H groups in total. The number of aromatic amines is 1. The topological polar surface area (TPSA) is 100 Å². The lowest BCUT2D eigenvalue weighted by molar-refractivity contribution is -0.526. The zero-order chi connectivity index (χ0) is 23.4. The van der Waals surface area contributed by atoms with E-state index in [-0.39, 0.29) is 10.8 Å². The first kappa shape index (κ1) is 20.6. The number of para-hydroxylation sites is 2. The van der Waals surface area contributed by atoms with Crippen molar-refractivity contribution in [2.45, 2.75) is 36.9 Å². The summed E-state index contributed by atoms with van der Waals surface area (Å²) in [5.74, 6) is -0.908. The SMILES string of the molecule is Cc1ccc([C@H]2[C@H]([N+](=O)[O-])[C@@H](Cc3c[nH]c4ccccc34)N[C@]23C(=O)Nc2ccccc23)cc1. The molecule has 170 valence electrons. The smallest absolute Gasteiger partial charge is 0.250 e. The Labute approximate surface area is 196 Å². The fourth-order valence-corrected chi connectivity index (χ4v) is 5.89. The number of rotatable bonds is 4. The number of hydrogen-bond acceptors (Lipinski definition) is 4. The summed E-state index contributed by atoms with van der Waals surface area (Å²) < 4.78 is 0. The first-order chi connectivity index (χ1) is 16.5. The van der Waals surface area contributed by atoms with E-state index in [1.54, 1.807) is 0 Å². The predicted octanol–water partition coefficient (Wildman–Crippen LogP) is 4.27. The number of nitrogens with zero attached hydrogens (tertiary/aromatic N) is 1. The van der Waals surface area contributed by atoms with Gasteiger partial charge >= 0.3 is 0 Å². The fraction of sp³-hybridized carbons (Fsp3) is 0.222. The highest BCUT2D eigenvalue weighted by Crippen LogP contribution is 2.52. The van der Waals surface area contributed by atoms with Crippen molar-refractivity contribution >= 4 is 22.5 Å². The Morgan fingerprint density at radius 1 is 1.00 bits per heavy atom. The Morgan fingerprint density at radius 3 is 2.53 bits per heavy atom. The molecule has 3 aromatic carbocycles. The molecule has 0 saturated carbocycles. The Bertz CT molecular complexity index is 1430. The quantitative estimate of drug-likeness (QED) is 0.318. The van der Waals surface area contributed by atoms with Crippen LogP contribution < -0.4 is 10.6 Å². The molecule has 7 nitrogen and oxygen atoms in total. The molecule has 0 unspecified atom stereocenters. The van der Waals surface area contributed by atoms with Crippen LogP contribution in [0.3, 0.4) is 0 Å². The number of hydrogen-bond donors (Lipinski definition) is 3. The molecule has 2 aliphatic rings. The molecule has 0 bridgehead atoms. The maximum Gasteiger partial charge on any atom is 0.250 e. The summed E-state index contributed by atoms with van der Waals surface area (Å²) >= 11 is 0. The minimum Gasteiger partial charge on any atom is -0.361 e. The van der Waals surface area contributed by atoms with Crippen LogP contribution in [-0.4, -0.2) is 27.9 Å². The highest BCUT2D eigenvalue weighted by molar-refractivity contribution is 6.07. The zero-order valence-electron chi connectivity index (χ0n) is 18.6. The maximum absolute atomic E-state index is 13.6. The molecule has 1 amide bonds. The van der Waals surface area contributed by atoms with Crippen LogP contribution in [0.15, 0.2) is 79.0 Å². The molecule has 1 aromatic heterocycles. The van der Waals surface area contributed by atoms with E-state index < -0.39 is 23.5 Å². The summed E-state index contributed by atoms with van der Waals surface area (Å²) in [6.45, 7) is 1.98. The van der Waals surface area contributed by atoms with Crippen LogP contribution in [-0.2, 0) is 16.8 Å². The maximum atomic E-state index is 13.6. The predicted molar refractivity (Wildman–Crippen MR) is 130 cm³/mol. The van der Waals surface area contributed by atoms with Crippen LogP contribution in [0.4, 0.5) is 5.69 Å². The second-order valence-electron chi connectivity index (χ2n) is 9.29. The van der Waals surface area contributed by atoms with E-state index in [0.29, 0.717) is 12.1 Å². The number of anilines is 1. The molecule has 1 spiro atoms. The van der Waals surface area contributed by atoms with Crippen molar-refractivity contribution in [1.29, 1.82) is 0 Å². The third kappa shape index (κ3) is 2.90. The zero-order valence-corrected chi connectivity index (χ0v) is 18.6. The number of aromatic nitrogens is 1. The number of carbonyl (C=O) groups is 1. The molecule has 0 aliphatic carbocycles. The Morgan fingerprint density at radius 2 is 1.74 bits per heavy atom. The summed E-state index contributed by atoms with van der Waals surface area (Å²) in [7, 11) is 0. The first-order valence-electron chi connectivity index (χ1n) is 11.4. The van der Waals surface area contributed by atoms with Gasteiger partial charge in [0.2, 0.25) is 11.9 Å². The van der Waals surface area contributed by atoms with E-state index in [4.69, 9.17) is 0 Å². The van der Waals surface area contributed by atoms with E-state index in [2.05, 4.69) is 15.6 Å². The van der Waals surface area contributed by atoms with Gasteiger partial charge in [-0.05, 0) is 36.6 Å². The standard InChI is InChI=1S/C27H24N4O3/c1-16-10-12-17(13-11-16)24-25(31(33)34)23(14-18-15-28-21-8-4-2-6-19(18)21)30-27(24)20-7-3-5-9-22(20)29-26(27)32/h2-13,15,23-25,28,30H,14H2,1H3,(H,29,32)/t23-,24+,25-,27+/m1/s1. The van der Waals surface area contributed by atoms with Crippen molar-refractivity contribution < 1.29 is 9.72 Å². The number of amides is 1. The van der Waals surface area contributed by atoms with Crippen LogP contribution in [0.2, 0.25) is 0 Å². The van der Waals surface area contributed by atoms with Gasteiger partial charge in [0, 0.05) is 33.3 Å². The van der Waals surface area contributed by atoms with Gasteiger partial charge in [0.25, 0.3) is 0 Å². The molecular formula is C27H24N4O3. The third-order valence-electron chi connectivity index (χ3n) is 7.39. The van der Waals surface area contributed by atoms with Gasteiger partial charge in [0.15, 0.2) is 0 Å². The second kappa shape index (κ2) is 7.53. The van der Waals surface area contributed by atoms with Gasteiger partial charge in [-0.25, -0.2) is 0 Å². The number of H-pyrrole nitrogens is 1. The van der Waals surface area contributed by atoms with E-state index in [0.717, 1.165) is 33.2 Å². The highest BCUT2D eigenvalue weighted by atomic mass is 16.6. The van der Waals surface area contributed by atoms with Gasteiger partial charge in [-0.1, -0.05) is 66.2 Å². The average Bonchev–Trinajstić information content (AvgIpc) is 3.48. The monoisotopic (exact) mass is 452 g/mol. The first-order valence-corrected chi connectivity index (χ1v) is 11.4. The number of nitrogens with one attached hydrogen (secondary N) is 3. The summed E-state index contributed by atoms with van der Waals surface area (Å²) in [6, 6.07) is 21.6. The minimum atomic E-state index is -1.22. The summed E-state index contributed by atoms with van der Waals surface area (Å²) in [6.07, 6.45) is 2.34. The fourth-order valence-electron chi connectivity index (χ4n) is 5.89. The summed E-state index contributed by atoms with van der Waals surface area (Å²) in [5.41, 5.74) is 4.07. The number of nitro groups is 1. The van der Waals surface area contributed by atoms with Gasteiger partial charge in [-0.2, -0.15) is 0 Å². The number of benzene rings is 3. The molecule has 4 aromatic rings. The van der Waals surface area contributed by atoms with E-state index in [1.165, 1.54) is 0 Å². The molecule has 2 aliphatic heterocycles. The van der Waals surface area contributed by atoms with Gasteiger partial charge in [0.05, 0.1) is 12.0 Å². The molecule has 1 saturated heterocycles. The Balaban J connectivity index is 1.53. The van der Waals surface area contributed by atoms with E-state index in [1.807, 2.05) is 85.9 Å². The Hall–Kier alpha value is -3.97. The van der Waals surface area contributed by atoms with E-state index >= 15 is 0 Å². The van der Waals surface area contributed by atoms with Crippen molar-refractivity contribution in [2.75, 3.05) is 5.32 Å². The molecule has 3 heterocycles. The lowest BCUT2D eigenvalue weighted by Crippen LogP contribution is -2.49. The molecule has 1 fully saturated rings. The van der Waals surface area contributed by atoms with Crippen LogP contribution >= 0.6 is 0 Å². The lowest BCUT2D eigenvalue weighted by Gasteiger charge is -2.29. The number of fused-ring (bicyclic) bond motifs is 3. The molecule has 34 heavy (non-hydrogen) atoms. The van der Waals surface area contributed by atoms with Crippen molar-refractivity contribution in [3.63, 3.8) is 0 Å². The Kier molecular flexibility index (Phi) is 4.57. The van der Waals surface area contributed by atoms with Crippen molar-refractivity contribution in [3.05, 3.63) is 111 Å². The third-order valence-corrected chi connectivity index (χ3v) is 7.39. The van der Waals surface area contributed by atoms with Gasteiger partial charge in [-0.15, -0.1) is 0 Å². The van der Waals surface area contributed by atoms with Crippen LogP contribution in [0.25, 0.3) is 10.9 Å². The van der Waals surface area contributed by atoms with Gasteiger partial charge in [0.1, 0.15) is 5.54 Å². The van der Waals surface area contributed by atoms with Crippen molar-refractivity contribution in [1.82, 2.24) is 10.3 Å². The normalized spacial score (nSPS) is 25.6. The lowest BCUT2D eigenvalue weighted by atomic mass is 9.74. The van der Waals surface area contributed by atoms with Crippen molar-refractivity contribution in [2.24, 2.45) is 0 Å². The largest absolute Gasteiger partial charge is 0.361 e. The minimum absolute atomic E-state index is 0.208. The summed E-state index contributed by atoms with van der Waals surface area (Å²) in [5, 5.41) is 20.2. The highest BCUT2D eigenvalue weighted by Gasteiger charge is 2.66. The molecular weight excluding hydrogens is 428 g/mol. The summed E-state index contributed by atoms with van der Waals surface area (Å²) in [4.78, 5) is 29.3. The van der Waals surface area contributed by atoms with Gasteiger partial charge < -0.3 is 10.3 Å². The van der Waals surface area contributed by atoms with Crippen LogP contribution in [0.1, 0.15) is 28.2 Å². The molecule has 4 atom stereocenters. The molecule has 0 radical (unpaired) electrons. The van der Waals surface area contributed by atoms with Crippen LogP contribution in [0.5, 0.6) is 0 Å².